The first-order chi connectivity index (χ1) is 9.58. The number of nitrogens with zero attached hydrogens (tertiary/aromatic N) is 1. The Balaban J connectivity index is 2.75. The van der Waals surface area contributed by atoms with E-state index in [1.807, 2.05) is 0 Å². The molecule has 1 aromatic heterocycles. The van der Waals surface area contributed by atoms with Crippen LogP contribution in [0.5, 0.6) is 0 Å². The Kier molecular flexibility index (Phi) is 6.45. The lowest BCUT2D eigenvalue weighted by molar-refractivity contribution is -0.140. The van der Waals surface area contributed by atoms with Crippen LogP contribution in [-0.4, -0.2) is 50.7 Å². The number of hydrogen-bond donors (Lipinski definition) is 0. The van der Waals surface area contributed by atoms with Gasteiger partial charge in [-0.2, -0.15) is 0 Å². The van der Waals surface area contributed by atoms with Crippen LogP contribution in [0.1, 0.15) is 16.8 Å². The average Bonchev–Trinajstić information content (AvgIpc) is 2.47. The summed E-state index contributed by atoms with van der Waals surface area (Å²) in [6, 6.07) is 2.55. The molecule has 0 saturated carbocycles. The number of amides is 1. The zero-order valence-corrected chi connectivity index (χ0v) is 11.5. The summed E-state index contributed by atoms with van der Waals surface area (Å²) in [6.45, 7) is 0.864. The number of ether oxygens (including phenoxy) is 2. The first kappa shape index (κ1) is 15.9. The van der Waals surface area contributed by atoms with Crippen molar-refractivity contribution in [2.75, 3.05) is 33.9 Å². The van der Waals surface area contributed by atoms with Gasteiger partial charge in [-0.25, -0.2) is 4.79 Å². The van der Waals surface area contributed by atoms with Crippen molar-refractivity contribution in [2.45, 2.75) is 6.42 Å². The van der Waals surface area contributed by atoms with Gasteiger partial charge in [0.25, 0.3) is 5.91 Å². The van der Waals surface area contributed by atoms with Crippen molar-refractivity contribution in [3.8, 4) is 0 Å². The molecule has 7 heteroatoms. The SMILES string of the molecule is COCCN(CCC(=O)OC)C(=O)c1ccc(=O)oc1. The van der Waals surface area contributed by atoms with Crippen LogP contribution in [-0.2, 0) is 14.3 Å². The van der Waals surface area contributed by atoms with Gasteiger partial charge in [0.15, 0.2) is 0 Å². The smallest absolute Gasteiger partial charge is 0.335 e. The molecule has 110 valence electrons. The van der Waals surface area contributed by atoms with E-state index in [-0.39, 0.29) is 24.4 Å². The van der Waals surface area contributed by atoms with Crippen molar-refractivity contribution in [1.29, 1.82) is 0 Å². The Hall–Kier alpha value is -2.15. The molecule has 0 aliphatic heterocycles. The van der Waals surface area contributed by atoms with Crippen molar-refractivity contribution < 1.29 is 23.5 Å². The van der Waals surface area contributed by atoms with Crippen LogP contribution in [0.3, 0.4) is 0 Å². The standard InChI is InChI=1S/C13H17NO6/c1-18-8-7-14(6-5-11(15)19-2)13(17)10-3-4-12(16)20-9-10/h3-4,9H,5-8H2,1-2H3. The maximum atomic E-state index is 12.2. The minimum absolute atomic E-state index is 0.0860. The third kappa shape index (κ3) is 4.85. The van der Waals surface area contributed by atoms with Crippen LogP contribution in [0.15, 0.2) is 27.6 Å². The first-order valence-electron chi connectivity index (χ1n) is 6.02. The third-order valence-electron chi connectivity index (χ3n) is 2.61. The summed E-state index contributed by atoms with van der Waals surface area (Å²) in [5.74, 6) is -0.741. The molecule has 20 heavy (non-hydrogen) atoms. The molecular weight excluding hydrogens is 266 g/mol. The molecule has 0 N–H and O–H groups in total. The Labute approximate surface area is 116 Å². The topological polar surface area (TPSA) is 86.0 Å². The molecular formula is C13H17NO6. The fraction of sp³-hybridized carbons (Fsp3) is 0.462. The van der Waals surface area contributed by atoms with Crippen molar-refractivity contribution in [3.05, 3.63) is 34.4 Å². The van der Waals surface area contributed by atoms with Gasteiger partial charge in [-0.15, -0.1) is 0 Å². The van der Waals surface area contributed by atoms with E-state index >= 15 is 0 Å². The Morgan fingerprint density at radius 2 is 2.00 bits per heavy atom. The molecule has 0 unspecified atom stereocenters. The number of carbonyl (C=O) groups excluding carboxylic acids is 2. The van der Waals surface area contributed by atoms with Crippen LogP contribution in [0.25, 0.3) is 0 Å². The highest BCUT2D eigenvalue weighted by Crippen LogP contribution is 2.04. The molecule has 1 amide bonds. The van der Waals surface area contributed by atoms with Gasteiger partial charge >= 0.3 is 11.6 Å². The number of rotatable bonds is 7. The molecule has 0 aliphatic rings. The van der Waals surface area contributed by atoms with Crippen molar-refractivity contribution in [3.63, 3.8) is 0 Å². The molecule has 1 aromatic rings. The number of carbonyl (C=O) groups is 2. The molecule has 1 heterocycles. The van der Waals surface area contributed by atoms with E-state index in [9.17, 15) is 14.4 Å². The zero-order chi connectivity index (χ0) is 15.0. The maximum absolute atomic E-state index is 12.2. The summed E-state index contributed by atoms with van der Waals surface area (Å²) in [7, 11) is 2.81. The molecule has 0 aliphatic carbocycles. The van der Waals surface area contributed by atoms with Crippen molar-refractivity contribution >= 4 is 11.9 Å². The largest absolute Gasteiger partial charge is 0.469 e. The van der Waals surface area contributed by atoms with Crippen molar-refractivity contribution in [2.24, 2.45) is 0 Å². The van der Waals surface area contributed by atoms with Gasteiger partial charge in [-0.3, -0.25) is 9.59 Å². The lowest BCUT2D eigenvalue weighted by atomic mass is 10.2. The van der Waals surface area contributed by atoms with Gasteiger partial charge < -0.3 is 18.8 Å². The molecule has 0 fully saturated rings. The molecule has 0 spiro atoms. The normalized spacial score (nSPS) is 10.1. The zero-order valence-electron chi connectivity index (χ0n) is 11.5. The summed E-state index contributed by atoms with van der Waals surface area (Å²) >= 11 is 0. The second kappa shape index (κ2) is 8.11. The Morgan fingerprint density at radius 3 is 2.55 bits per heavy atom. The fourth-order valence-corrected chi connectivity index (χ4v) is 1.51. The summed E-state index contributed by atoms with van der Waals surface area (Å²) in [6.07, 6.45) is 1.19. The number of esters is 1. The minimum atomic E-state index is -0.528. The lowest BCUT2D eigenvalue weighted by Crippen LogP contribution is -2.36. The molecule has 0 aromatic carbocycles. The van der Waals surface area contributed by atoms with E-state index in [0.29, 0.717) is 13.2 Å². The molecule has 1 rings (SSSR count). The molecule has 0 radical (unpaired) electrons. The summed E-state index contributed by atoms with van der Waals surface area (Å²) in [4.78, 5) is 35.7. The van der Waals surface area contributed by atoms with Crippen LogP contribution >= 0.6 is 0 Å². The third-order valence-corrected chi connectivity index (χ3v) is 2.61. The van der Waals surface area contributed by atoms with E-state index in [1.165, 1.54) is 31.3 Å². The highest BCUT2D eigenvalue weighted by Gasteiger charge is 2.17. The molecule has 0 bridgehead atoms. The Bertz CT molecular complexity index is 489. The van der Waals surface area contributed by atoms with Gasteiger partial charge in [0.1, 0.15) is 6.26 Å². The molecule has 0 atom stereocenters. The predicted octanol–water partition coefficient (Wildman–Crippen LogP) is 0.291. The van der Waals surface area contributed by atoms with Crippen LogP contribution in [0, 0.1) is 0 Å². The van der Waals surface area contributed by atoms with Gasteiger partial charge in [0, 0.05) is 26.3 Å². The summed E-state index contributed by atoms with van der Waals surface area (Å²) in [5.41, 5.74) is -0.287. The van der Waals surface area contributed by atoms with Crippen molar-refractivity contribution in [1.82, 2.24) is 4.90 Å². The first-order valence-corrected chi connectivity index (χ1v) is 6.02. The predicted molar refractivity (Wildman–Crippen MR) is 69.4 cm³/mol. The number of methoxy groups -OCH3 is 2. The Morgan fingerprint density at radius 1 is 1.25 bits per heavy atom. The summed E-state index contributed by atoms with van der Waals surface area (Å²) in [5, 5.41) is 0. The quantitative estimate of drug-likeness (QED) is 0.669. The van der Waals surface area contributed by atoms with Gasteiger partial charge in [0.05, 0.1) is 25.7 Å². The second-order valence-electron chi connectivity index (χ2n) is 3.95. The van der Waals surface area contributed by atoms with Gasteiger partial charge in [-0.05, 0) is 6.07 Å². The average molecular weight is 283 g/mol. The number of hydrogen-bond acceptors (Lipinski definition) is 6. The highest BCUT2D eigenvalue weighted by atomic mass is 16.5. The maximum Gasteiger partial charge on any atom is 0.335 e. The van der Waals surface area contributed by atoms with Crippen LogP contribution < -0.4 is 5.63 Å². The molecule has 7 nitrogen and oxygen atoms in total. The van der Waals surface area contributed by atoms with E-state index < -0.39 is 11.6 Å². The lowest BCUT2D eigenvalue weighted by Gasteiger charge is -2.21. The minimum Gasteiger partial charge on any atom is -0.469 e. The van der Waals surface area contributed by atoms with E-state index in [4.69, 9.17) is 4.74 Å². The summed E-state index contributed by atoms with van der Waals surface area (Å²) < 4.78 is 14.1. The van der Waals surface area contributed by atoms with Crippen LogP contribution in [0.4, 0.5) is 0 Å². The van der Waals surface area contributed by atoms with Gasteiger partial charge in [0.2, 0.25) is 0 Å². The monoisotopic (exact) mass is 283 g/mol. The fourth-order valence-electron chi connectivity index (χ4n) is 1.51. The van der Waals surface area contributed by atoms with E-state index in [1.54, 1.807) is 0 Å². The highest BCUT2D eigenvalue weighted by molar-refractivity contribution is 5.93. The van der Waals surface area contributed by atoms with E-state index in [2.05, 4.69) is 9.15 Å². The van der Waals surface area contributed by atoms with Gasteiger partial charge in [-0.1, -0.05) is 0 Å². The van der Waals surface area contributed by atoms with E-state index in [0.717, 1.165) is 6.26 Å². The second-order valence-corrected chi connectivity index (χ2v) is 3.95. The van der Waals surface area contributed by atoms with Crippen LogP contribution in [0.2, 0.25) is 0 Å². The molecule has 0 saturated heterocycles.